The van der Waals surface area contributed by atoms with Crippen molar-refractivity contribution in [1.29, 1.82) is 0 Å². The first kappa shape index (κ1) is 24.1. The topological polar surface area (TPSA) is 77.0 Å². The molecule has 6 heteroatoms. The van der Waals surface area contributed by atoms with E-state index in [1.54, 1.807) is 0 Å². The van der Waals surface area contributed by atoms with Gasteiger partial charge >= 0.3 is 12.1 Å². The third-order valence-corrected chi connectivity index (χ3v) is 4.05. The summed E-state index contributed by atoms with van der Waals surface area (Å²) < 4.78 is 4.93. The fraction of sp³-hybridized carbons (Fsp3) is 0.750. The highest BCUT2D eigenvalue weighted by atomic mass is 16.7. The van der Waals surface area contributed by atoms with Crippen molar-refractivity contribution in [1.82, 2.24) is 5.32 Å². The summed E-state index contributed by atoms with van der Waals surface area (Å²) in [5, 5.41) is 6.42. The number of carbonyl (C=O) groups is 2. The number of carbonyl (C=O) groups excluding carboxylic acids is 2. The average molecular weight is 369 g/mol. The van der Waals surface area contributed by atoms with Crippen LogP contribution in [0.3, 0.4) is 0 Å². The van der Waals surface area contributed by atoms with Crippen LogP contribution in [0.5, 0.6) is 0 Å². The second-order valence-electron chi connectivity index (χ2n) is 6.39. The Morgan fingerprint density at radius 1 is 0.962 bits per heavy atom. The molecule has 0 aliphatic rings. The summed E-state index contributed by atoms with van der Waals surface area (Å²) in [6.45, 7) is 8.28. The van der Waals surface area contributed by atoms with Crippen LogP contribution in [0.15, 0.2) is 17.8 Å². The first-order chi connectivity index (χ1) is 12.6. The van der Waals surface area contributed by atoms with Crippen molar-refractivity contribution >= 4 is 17.8 Å². The van der Waals surface area contributed by atoms with Crippen molar-refractivity contribution in [2.45, 2.75) is 84.5 Å². The molecule has 0 aromatic carbocycles. The van der Waals surface area contributed by atoms with Crippen molar-refractivity contribution < 1.29 is 19.2 Å². The minimum Gasteiger partial charge on any atom is -0.463 e. The van der Waals surface area contributed by atoms with Gasteiger partial charge in [0.15, 0.2) is 0 Å². The zero-order valence-corrected chi connectivity index (χ0v) is 16.6. The smallest absolute Gasteiger partial charge is 0.433 e. The summed E-state index contributed by atoms with van der Waals surface area (Å²) in [6.07, 6.45) is 13.0. The molecule has 0 unspecified atom stereocenters. The van der Waals surface area contributed by atoms with Gasteiger partial charge in [-0.1, -0.05) is 70.0 Å². The Kier molecular flexibility index (Phi) is 16.7. The Morgan fingerprint density at radius 2 is 1.50 bits per heavy atom. The molecular weight excluding hydrogens is 332 g/mol. The number of nitrogens with zero attached hydrogens (tertiary/aromatic N) is 1. The molecule has 0 saturated carbocycles. The maximum Gasteiger partial charge on any atom is 0.433 e. The number of hydrogen-bond acceptors (Lipinski definition) is 5. The Labute approximate surface area is 158 Å². The van der Waals surface area contributed by atoms with Crippen LogP contribution in [0.4, 0.5) is 4.79 Å². The molecule has 0 atom stereocenters. The van der Waals surface area contributed by atoms with Gasteiger partial charge in [0.05, 0.1) is 12.3 Å². The summed E-state index contributed by atoms with van der Waals surface area (Å²) in [7, 11) is 0. The van der Waals surface area contributed by atoms with E-state index in [2.05, 4.69) is 17.1 Å². The first-order valence-corrected chi connectivity index (χ1v) is 9.87. The molecule has 6 nitrogen and oxygen atoms in total. The molecule has 0 aromatic rings. The SMILES string of the molecule is C=CC(=O)OCCCCCCCCCCCCNC(=O)ON=C(C)CC. The zero-order valence-electron chi connectivity index (χ0n) is 16.6. The van der Waals surface area contributed by atoms with Crippen LogP contribution in [0.25, 0.3) is 0 Å². The van der Waals surface area contributed by atoms with Gasteiger partial charge in [0.25, 0.3) is 0 Å². The molecule has 0 rings (SSSR count). The Morgan fingerprint density at radius 3 is 2.04 bits per heavy atom. The van der Waals surface area contributed by atoms with Crippen molar-refractivity contribution in [2.24, 2.45) is 5.16 Å². The number of rotatable bonds is 16. The molecule has 150 valence electrons. The molecule has 0 bridgehead atoms. The highest BCUT2D eigenvalue weighted by molar-refractivity contribution is 5.82. The molecule has 0 radical (unpaired) electrons. The van der Waals surface area contributed by atoms with Gasteiger partial charge in [-0.25, -0.2) is 9.59 Å². The highest BCUT2D eigenvalue weighted by Crippen LogP contribution is 2.10. The predicted molar refractivity (Wildman–Crippen MR) is 105 cm³/mol. The summed E-state index contributed by atoms with van der Waals surface area (Å²) in [5.41, 5.74) is 0.802. The molecule has 1 amide bonds. The fourth-order valence-electron chi connectivity index (χ4n) is 2.28. The van der Waals surface area contributed by atoms with Gasteiger partial charge in [-0.3, -0.25) is 4.84 Å². The maximum absolute atomic E-state index is 11.3. The lowest BCUT2D eigenvalue weighted by Crippen LogP contribution is -2.24. The van der Waals surface area contributed by atoms with Gasteiger partial charge < -0.3 is 10.1 Å². The minimum atomic E-state index is -0.475. The van der Waals surface area contributed by atoms with Gasteiger partial charge in [-0.05, 0) is 26.2 Å². The van der Waals surface area contributed by atoms with E-state index in [0.29, 0.717) is 13.2 Å². The molecule has 0 aromatic heterocycles. The number of oxime groups is 1. The normalized spacial score (nSPS) is 11.1. The van der Waals surface area contributed by atoms with Crippen molar-refractivity contribution in [3.05, 3.63) is 12.7 Å². The lowest BCUT2D eigenvalue weighted by molar-refractivity contribution is -0.137. The molecule has 0 heterocycles. The molecule has 0 spiro atoms. The predicted octanol–water partition coefficient (Wildman–Crippen LogP) is 5.13. The van der Waals surface area contributed by atoms with Crippen LogP contribution in [-0.4, -0.2) is 30.9 Å². The lowest BCUT2D eigenvalue weighted by atomic mass is 10.1. The van der Waals surface area contributed by atoms with E-state index in [9.17, 15) is 9.59 Å². The largest absolute Gasteiger partial charge is 0.463 e. The van der Waals surface area contributed by atoms with Gasteiger partial charge in [-0.2, -0.15) is 0 Å². The molecule has 0 saturated heterocycles. The fourth-order valence-corrected chi connectivity index (χ4v) is 2.28. The van der Waals surface area contributed by atoms with E-state index >= 15 is 0 Å². The van der Waals surface area contributed by atoms with E-state index in [1.165, 1.54) is 44.6 Å². The number of hydrogen-bond donors (Lipinski definition) is 1. The van der Waals surface area contributed by atoms with Crippen LogP contribution in [0, 0.1) is 0 Å². The van der Waals surface area contributed by atoms with Gasteiger partial charge in [0.2, 0.25) is 0 Å². The zero-order chi connectivity index (χ0) is 19.5. The third kappa shape index (κ3) is 17.0. The molecular formula is C20H36N2O4. The van der Waals surface area contributed by atoms with Crippen LogP contribution < -0.4 is 5.32 Å². The van der Waals surface area contributed by atoms with Crippen LogP contribution in [-0.2, 0) is 14.4 Å². The number of esters is 1. The monoisotopic (exact) mass is 368 g/mol. The number of nitrogens with one attached hydrogen (secondary N) is 1. The van der Waals surface area contributed by atoms with Crippen LogP contribution >= 0.6 is 0 Å². The van der Waals surface area contributed by atoms with Crippen LogP contribution in [0.1, 0.15) is 84.5 Å². The average Bonchev–Trinajstić information content (AvgIpc) is 2.65. The Hall–Kier alpha value is -1.85. The van der Waals surface area contributed by atoms with Crippen molar-refractivity contribution in [3.63, 3.8) is 0 Å². The van der Waals surface area contributed by atoms with Crippen molar-refractivity contribution in [3.8, 4) is 0 Å². The summed E-state index contributed by atoms with van der Waals surface area (Å²) >= 11 is 0. The van der Waals surface area contributed by atoms with E-state index in [-0.39, 0.29) is 5.97 Å². The van der Waals surface area contributed by atoms with E-state index in [1.807, 2.05) is 13.8 Å². The standard InChI is InChI=1S/C20H36N2O4/c1-4-18(3)22-26-20(24)21-16-14-12-10-8-6-7-9-11-13-15-17-25-19(23)5-2/h5H,2,4,6-17H2,1,3H3,(H,21,24). The van der Waals surface area contributed by atoms with Crippen molar-refractivity contribution in [2.75, 3.05) is 13.2 Å². The van der Waals surface area contributed by atoms with Gasteiger partial charge in [0, 0.05) is 12.6 Å². The third-order valence-electron chi connectivity index (χ3n) is 4.05. The van der Waals surface area contributed by atoms with E-state index in [4.69, 9.17) is 9.57 Å². The Balaban J connectivity index is 3.23. The van der Waals surface area contributed by atoms with E-state index < -0.39 is 6.09 Å². The highest BCUT2D eigenvalue weighted by Gasteiger charge is 2.00. The quantitative estimate of drug-likeness (QED) is 0.102. The number of ether oxygens (including phenoxy) is 1. The van der Waals surface area contributed by atoms with E-state index in [0.717, 1.165) is 37.8 Å². The van der Waals surface area contributed by atoms with Gasteiger partial charge in [-0.15, -0.1) is 0 Å². The molecule has 1 N–H and O–H groups in total. The second-order valence-corrected chi connectivity index (χ2v) is 6.39. The summed E-state index contributed by atoms with van der Waals surface area (Å²) in [6, 6.07) is 0. The minimum absolute atomic E-state index is 0.336. The Bertz CT molecular complexity index is 422. The number of amides is 1. The van der Waals surface area contributed by atoms with Crippen LogP contribution in [0.2, 0.25) is 0 Å². The first-order valence-electron chi connectivity index (χ1n) is 9.87. The number of unbranched alkanes of at least 4 members (excludes halogenated alkanes) is 9. The summed E-state index contributed by atoms with van der Waals surface area (Å²) in [5.74, 6) is -0.336. The molecule has 0 fully saturated rings. The molecule has 0 aliphatic heterocycles. The maximum atomic E-state index is 11.3. The molecule has 26 heavy (non-hydrogen) atoms. The lowest BCUT2D eigenvalue weighted by Gasteiger charge is -2.04. The van der Waals surface area contributed by atoms with Gasteiger partial charge in [0.1, 0.15) is 0 Å². The molecule has 0 aliphatic carbocycles. The summed E-state index contributed by atoms with van der Waals surface area (Å²) in [4.78, 5) is 26.9. The second kappa shape index (κ2) is 18.0.